The van der Waals surface area contributed by atoms with Crippen LogP contribution in [0.2, 0.25) is 0 Å². The summed E-state index contributed by atoms with van der Waals surface area (Å²) in [6.07, 6.45) is 7.19. The lowest BCUT2D eigenvalue weighted by Crippen LogP contribution is -2.35. The number of H-pyrrole nitrogens is 1. The van der Waals surface area contributed by atoms with Crippen molar-refractivity contribution in [3.63, 3.8) is 0 Å². The Kier molecular flexibility index (Phi) is 4.69. The molecule has 0 saturated carbocycles. The van der Waals surface area contributed by atoms with Gasteiger partial charge in [0.25, 0.3) is 0 Å². The second kappa shape index (κ2) is 7.44. The Morgan fingerprint density at radius 2 is 2.08 bits per heavy atom. The van der Waals surface area contributed by atoms with Crippen molar-refractivity contribution in [2.75, 3.05) is 19.7 Å². The van der Waals surface area contributed by atoms with Crippen molar-refractivity contribution in [3.05, 3.63) is 66.5 Å². The number of carbonyl (C=O) groups is 1. The van der Waals surface area contributed by atoms with Crippen LogP contribution in [0.25, 0.3) is 16.6 Å². The molecule has 0 fully saturated rings. The van der Waals surface area contributed by atoms with Crippen LogP contribution in [0.3, 0.4) is 0 Å². The highest BCUT2D eigenvalue weighted by Crippen LogP contribution is 2.28. The van der Waals surface area contributed by atoms with E-state index in [9.17, 15) is 4.79 Å². The molecule has 132 valence electrons. The van der Waals surface area contributed by atoms with Gasteiger partial charge >= 0.3 is 0 Å². The Morgan fingerprint density at radius 3 is 2.88 bits per heavy atom. The summed E-state index contributed by atoms with van der Waals surface area (Å²) in [5.41, 5.74) is 4.43. The molecule has 0 aliphatic carbocycles. The molecule has 0 saturated heterocycles. The van der Waals surface area contributed by atoms with Gasteiger partial charge < -0.3 is 14.6 Å². The van der Waals surface area contributed by atoms with Gasteiger partial charge in [-0.1, -0.05) is 24.3 Å². The fourth-order valence-electron chi connectivity index (χ4n) is 3.27. The molecule has 1 aliphatic heterocycles. The number of aromatic nitrogens is 2. The van der Waals surface area contributed by atoms with E-state index < -0.39 is 0 Å². The van der Waals surface area contributed by atoms with E-state index in [2.05, 4.69) is 16.0 Å². The molecule has 0 bridgehead atoms. The second-order valence-electron chi connectivity index (χ2n) is 6.33. The lowest BCUT2D eigenvalue weighted by molar-refractivity contribution is -0.131. The molecule has 0 spiro atoms. The highest BCUT2D eigenvalue weighted by Gasteiger charge is 2.19. The highest BCUT2D eigenvalue weighted by molar-refractivity contribution is 5.90. The number of rotatable bonds is 5. The Hall–Kier alpha value is -3.08. The minimum Gasteiger partial charge on any atom is -0.493 e. The summed E-state index contributed by atoms with van der Waals surface area (Å²) in [4.78, 5) is 22.0. The number of benzene rings is 1. The fraction of sp³-hybridized carbons (Fsp3) is 0.238. The normalized spacial score (nSPS) is 14.3. The third kappa shape index (κ3) is 3.47. The van der Waals surface area contributed by atoms with Gasteiger partial charge in [-0.3, -0.25) is 9.78 Å². The number of nitrogens with one attached hydrogen (secondary N) is 1. The molecule has 0 radical (unpaired) electrons. The first kappa shape index (κ1) is 16.4. The van der Waals surface area contributed by atoms with Crippen molar-refractivity contribution in [2.45, 2.75) is 12.8 Å². The van der Waals surface area contributed by atoms with E-state index in [1.54, 1.807) is 0 Å². The molecule has 0 unspecified atom stereocenters. The number of para-hydroxylation sites is 1. The number of nitrogens with zero attached hydrogens (tertiary/aromatic N) is 2. The molecule has 0 atom stereocenters. The number of hydrogen-bond acceptors (Lipinski definition) is 3. The van der Waals surface area contributed by atoms with E-state index in [1.165, 1.54) is 5.57 Å². The summed E-state index contributed by atoms with van der Waals surface area (Å²) in [6, 6.07) is 13.5. The minimum atomic E-state index is 0.133. The van der Waals surface area contributed by atoms with E-state index in [0.717, 1.165) is 35.3 Å². The van der Waals surface area contributed by atoms with Crippen LogP contribution in [-0.2, 0) is 4.79 Å². The van der Waals surface area contributed by atoms with E-state index in [4.69, 9.17) is 4.74 Å². The van der Waals surface area contributed by atoms with Gasteiger partial charge in [-0.15, -0.1) is 0 Å². The van der Waals surface area contributed by atoms with Crippen LogP contribution in [-0.4, -0.2) is 40.5 Å². The minimum absolute atomic E-state index is 0.133. The molecular formula is C21H21N3O2. The van der Waals surface area contributed by atoms with Crippen LogP contribution in [0, 0.1) is 0 Å². The second-order valence-corrected chi connectivity index (χ2v) is 6.33. The quantitative estimate of drug-likeness (QED) is 0.766. The van der Waals surface area contributed by atoms with Crippen LogP contribution in [0.15, 0.2) is 60.9 Å². The van der Waals surface area contributed by atoms with Gasteiger partial charge in [0.2, 0.25) is 5.91 Å². The van der Waals surface area contributed by atoms with Crippen LogP contribution < -0.4 is 4.74 Å². The summed E-state index contributed by atoms with van der Waals surface area (Å²) >= 11 is 0. The van der Waals surface area contributed by atoms with E-state index in [-0.39, 0.29) is 5.91 Å². The van der Waals surface area contributed by atoms with E-state index in [1.807, 2.05) is 59.8 Å². The van der Waals surface area contributed by atoms with Crippen molar-refractivity contribution in [1.82, 2.24) is 14.9 Å². The number of fused-ring (bicyclic) bond motifs is 1. The van der Waals surface area contributed by atoms with Gasteiger partial charge in [0.1, 0.15) is 5.75 Å². The average molecular weight is 347 g/mol. The Balaban J connectivity index is 1.34. The van der Waals surface area contributed by atoms with Gasteiger partial charge in [0, 0.05) is 31.0 Å². The molecule has 2 aromatic heterocycles. The standard InChI is InChI=1S/C21H21N3O2/c25-20(10-14-26-17-5-2-1-3-6-17)24-12-8-16(9-13-24)18-15-23-19-7-4-11-22-21(18)19/h1-8,11,15,23H,9-10,12-14H2. The molecule has 26 heavy (non-hydrogen) atoms. The van der Waals surface area contributed by atoms with E-state index in [0.29, 0.717) is 19.6 Å². The summed E-state index contributed by atoms with van der Waals surface area (Å²) < 4.78 is 5.62. The zero-order valence-corrected chi connectivity index (χ0v) is 14.5. The van der Waals surface area contributed by atoms with Gasteiger partial charge in [0.05, 0.1) is 24.1 Å². The van der Waals surface area contributed by atoms with Crippen molar-refractivity contribution < 1.29 is 9.53 Å². The SMILES string of the molecule is O=C(CCOc1ccccc1)N1CC=C(c2c[nH]c3cccnc23)CC1. The molecule has 3 aromatic rings. The highest BCUT2D eigenvalue weighted by atomic mass is 16.5. The van der Waals surface area contributed by atoms with Crippen molar-refractivity contribution >= 4 is 22.5 Å². The Labute approximate surface area is 152 Å². The molecule has 1 N–H and O–H groups in total. The number of hydrogen-bond donors (Lipinski definition) is 1. The predicted molar refractivity (Wildman–Crippen MR) is 102 cm³/mol. The summed E-state index contributed by atoms with van der Waals surface area (Å²) in [5.74, 6) is 0.932. The zero-order valence-electron chi connectivity index (χ0n) is 14.5. The molecular weight excluding hydrogens is 326 g/mol. The first-order valence-electron chi connectivity index (χ1n) is 8.88. The predicted octanol–water partition coefficient (Wildman–Crippen LogP) is 3.65. The van der Waals surface area contributed by atoms with Crippen molar-refractivity contribution in [2.24, 2.45) is 0 Å². The lowest BCUT2D eigenvalue weighted by atomic mass is 10.0. The maximum atomic E-state index is 12.4. The lowest BCUT2D eigenvalue weighted by Gasteiger charge is -2.26. The maximum Gasteiger partial charge on any atom is 0.226 e. The Morgan fingerprint density at radius 1 is 1.19 bits per heavy atom. The number of carbonyl (C=O) groups excluding carboxylic acids is 1. The molecule has 1 aromatic carbocycles. The Bertz CT molecular complexity index is 931. The van der Waals surface area contributed by atoms with Crippen molar-refractivity contribution in [3.8, 4) is 5.75 Å². The smallest absolute Gasteiger partial charge is 0.226 e. The number of amides is 1. The maximum absolute atomic E-state index is 12.4. The monoisotopic (exact) mass is 347 g/mol. The number of aromatic amines is 1. The van der Waals surface area contributed by atoms with Gasteiger partial charge in [0.15, 0.2) is 0 Å². The van der Waals surface area contributed by atoms with Crippen LogP contribution in [0.1, 0.15) is 18.4 Å². The third-order valence-corrected chi connectivity index (χ3v) is 4.67. The van der Waals surface area contributed by atoms with Gasteiger partial charge in [-0.25, -0.2) is 0 Å². The largest absolute Gasteiger partial charge is 0.493 e. The summed E-state index contributed by atoms with van der Waals surface area (Å²) in [7, 11) is 0. The number of ether oxygens (including phenoxy) is 1. The summed E-state index contributed by atoms with van der Waals surface area (Å²) in [5, 5.41) is 0. The van der Waals surface area contributed by atoms with Crippen molar-refractivity contribution in [1.29, 1.82) is 0 Å². The molecule has 4 rings (SSSR count). The first-order valence-corrected chi connectivity index (χ1v) is 8.88. The molecule has 3 heterocycles. The molecule has 1 aliphatic rings. The van der Waals surface area contributed by atoms with Crippen LogP contribution >= 0.6 is 0 Å². The van der Waals surface area contributed by atoms with E-state index >= 15 is 0 Å². The van der Waals surface area contributed by atoms with Gasteiger partial charge in [-0.2, -0.15) is 0 Å². The third-order valence-electron chi connectivity index (χ3n) is 4.67. The molecule has 5 heteroatoms. The van der Waals surface area contributed by atoms with Crippen LogP contribution in [0.4, 0.5) is 0 Å². The molecule has 1 amide bonds. The first-order chi connectivity index (χ1) is 12.8. The van der Waals surface area contributed by atoms with Gasteiger partial charge in [-0.05, 0) is 36.3 Å². The molecule has 5 nitrogen and oxygen atoms in total. The fourth-order valence-corrected chi connectivity index (χ4v) is 3.27. The van der Waals surface area contributed by atoms with Crippen LogP contribution in [0.5, 0.6) is 5.75 Å². The number of pyridine rings is 1. The topological polar surface area (TPSA) is 58.2 Å². The zero-order chi connectivity index (χ0) is 17.8. The average Bonchev–Trinajstić information content (AvgIpc) is 3.13. The summed E-state index contributed by atoms with van der Waals surface area (Å²) in [6.45, 7) is 1.77.